The maximum absolute atomic E-state index is 12.5. The van der Waals surface area contributed by atoms with Crippen LogP contribution in [0.1, 0.15) is 21.4 Å². The molecule has 24 heavy (non-hydrogen) atoms. The van der Waals surface area contributed by atoms with Gasteiger partial charge in [-0.25, -0.2) is 17.9 Å². The molecule has 0 spiro atoms. The van der Waals surface area contributed by atoms with Gasteiger partial charge in [0.1, 0.15) is 0 Å². The van der Waals surface area contributed by atoms with Crippen molar-refractivity contribution in [2.24, 2.45) is 0 Å². The average molecular weight is 363 g/mol. The third-order valence-corrected chi connectivity index (χ3v) is 6.92. The topological polar surface area (TPSA) is 96.7 Å². The van der Waals surface area contributed by atoms with E-state index in [4.69, 9.17) is 0 Å². The summed E-state index contributed by atoms with van der Waals surface area (Å²) in [5.74, 6) is -0.363. The average Bonchev–Trinajstić information content (AvgIpc) is 3.20. The van der Waals surface area contributed by atoms with Crippen molar-refractivity contribution in [1.82, 2.24) is 24.2 Å². The number of nitrogens with zero attached hydrogens (tertiary/aromatic N) is 4. The molecule has 0 aliphatic carbocycles. The third kappa shape index (κ3) is 2.30. The minimum absolute atomic E-state index is 0.188. The lowest BCUT2D eigenvalue weighted by Crippen LogP contribution is -2.42. The highest BCUT2D eigenvalue weighted by Gasteiger charge is 2.36. The van der Waals surface area contributed by atoms with Crippen molar-refractivity contribution in [3.05, 3.63) is 46.5 Å². The fraction of sp³-hybridized carbons (Fsp3) is 0.214. The number of fused-ring (bicyclic) bond motifs is 2. The van der Waals surface area contributed by atoms with E-state index in [-0.39, 0.29) is 23.0 Å². The quantitative estimate of drug-likeness (QED) is 0.730. The number of carbonyl (C=O) groups is 1. The van der Waals surface area contributed by atoms with Crippen LogP contribution in [-0.2, 0) is 10.0 Å². The van der Waals surface area contributed by atoms with Gasteiger partial charge in [0.25, 0.3) is 5.91 Å². The van der Waals surface area contributed by atoms with E-state index in [1.807, 2.05) is 0 Å². The molecule has 1 aliphatic heterocycles. The second-order valence-corrected chi connectivity index (χ2v) is 8.37. The molecule has 124 valence electrons. The first kappa shape index (κ1) is 15.2. The zero-order valence-corrected chi connectivity index (χ0v) is 14.2. The first-order valence-electron chi connectivity index (χ1n) is 7.12. The van der Waals surface area contributed by atoms with Gasteiger partial charge in [0.05, 0.1) is 10.9 Å². The van der Waals surface area contributed by atoms with Crippen molar-refractivity contribution in [2.75, 3.05) is 13.6 Å². The number of hydrogen-bond acceptors (Lipinski definition) is 6. The van der Waals surface area contributed by atoms with E-state index in [1.165, 1.54) is 27.2 Å². The van der Waals surface area contributed by atoms with Crippen LogP contribution >= 0.6 is 11.3 Å². The Labute approximate surface area is 141 Å². The van der Waals surface area contributed by atoms with Gasteiger partial charge in [-0.15, -0.1) is 11.3 Å². The van der Waals surface area contributed by atoms with E-state index in [9.17, 15) is 13.2 Å². The molecule has 0 bridgehead atoms. The fourth-order valence-electron chi connectivity index (χ4n) is 2.67. The Balaban J connectivity index is 1.65. The predicted molar refractivity (Wildman–Crippen MR) is 87.3 cm³/mol. The van der Waals surface area contributed by atoms with Gasteiger partial charge in [-0.1, -0.05) is 0 Å². The van der Waals surface area contributed by atoms with Crippen molar-refractivity contribution in [3.63, 3.8) is 0 Å². The Hall–Kier alpha value is -2.30. The van der Waals surface area contributed by atoms with Crippen LogP contribution in [0.5, 0.6) is 0 Å². The molecule has 3 aromatic rings. The summed E-state index contributed by atoms with van der Waals surface area (Å²) in [6, 6.07) is 4.48. The molecule has 3 aromatic heterocycles. The van der Waals surface area contributed by atoms with Gasteiger partial charge >= 0.3 is 0 Å². The number of sulfonamides is 1. The highest BCUT2D eigenvalue weighted by atomic mass is 32.2. The summed E-state index contributed by atoms with van der Waals surface area (Å²) < 4.78 is 27.3. The number of nitrogens with one attached hydrogen (secondary N) is 1. The van der Waals surface area contributed by atoms with Crippen molar-refractivity contribution in [3.8, 4) is 0 Å². The lowest BCUT2D eigenvalue weighted by molar-refractivity contribution is 0.0926. The number of amides is 1. The third-order valence-electron chi connectivity index (χ3n) is 3.88. The summed E-state index contributed by atoms with van der Waals surface area (Å²) in [4.78, 5) is 17.5. The van der Waals surface area contributed by atoms with E-state index in [0.717, 1.165) is 0 Å². The zero-order valence-electron chi connectivity index (χ0n) is 12.6. The molecule has 1 atom stereocenters. The molecule has 10 heteroatoms. The van der Waals surface area contributed by atoms with Crippen LogP contribution < -0.4 is 5.32 Å². The Morgan fingerprint density at radius 3 is 3.08 bits per heavy atom. The summed E-state index contributed by atoms with van der Waals surface area (Å²) >= 11 is 1.32. The standard InChI is InChI=1S/C14H13N5O3S2/c1-18-8-10(13-11(3-6-23-13)24(18,21)22)16-14(20)9-7-12-15-4-2-5-19(12)17-9/h2-7,10H,8H2,1H3,(H,16,20)/t10-/m1/s1. The van der Waals surface area contributed by atoms with Gasteiger partial charge in [0, 0.05) is 36.9 Å². The van der Waals surface area contributed by atoms with Crippen molar-refractivity contribution in [2.45, 2.75) is 10.9 Å². The molecular weight excluding hydrogens is 350 g/mol. The Kier molecular flexibility index (Phi) is 3.41. The minimum atomic E-state index is -3.47. The highest BCUT2D eigenvalue weighted by Crippen LogP contribution is 2.35. The Morgan fingerprint density at radius 1 is 1.46 bits per heavy atom. The van der Waals surface area contributed by atoms with E-state index < -0.39 is 16.1 Å². The Bertz CT molecular complexity index is 1010. The molecule has 0 unspecified atom stereocenters. The summed E-state index contributed by atoms with van der Waals surface area (Å²) in [7, 11) is -1.96. The predicted octanol–water partition coefficient (Wildman–Crippen LogP) is 0.896. The number of likely N-dealkylation sites (N-methyl/N-ethyl adjacent to an activating group) is 1. The maximum Gasteiger partial charge on any atom is 0.272 e. The van der Waals surface area contributed by atoms with E-state index >= 15 is 0 Å². The van der Waals surface area contributed by atoms with Crippen LogP contribution in [0.3, 0.4) is 0 Å². The molecule has 4 rings (SSSR count). The molecule has 8 nitrogen and oxygen atoms in total. The molecule has 0 radical (unpaired) electrons. The number of carbonyl (C=O) groups excluding carboxylic acids is 1. The van der Waals surface area contributed by atoms with E-state index in [2.05, 4.69) is 15.4 Å². The molecule has 0 fully saturated rings. The van der Waals surface area contributed by atoms with Crippen LogP contribution in [0.2, 0.25) is 0 Å². The Morgan fingerprint density at radius 2 is 2.29 bits per heavy atom. The molecule has 0 aromatic carbocycles. The van der Waals surface area contributed by atoms with Crippen LogP contribution in [0.25, 0.3) is 5.65 Å². The molecule has 0 saturated heterocycles. The zero-order chi connectivity index (χ0) is 16.9. The van der Waals surface area contributed by atoms with Crippen LogP contribution in [-0.4, -0.2) is 46.8 Å². The molecule has 1 amide bonds. The van der Waals surface area contributed by atoms with E-state index in [0.29, 0.717) is 10.5 Å². The number of rotatable bonds is 2. The normalized spacial score (nSPS) is 20.0. The second-order valence-electron chi connectivity index (χ2n) is 5.41. The molecule has 1 aliphatic rings. The first-order chi connectivity index (χ1) is 11.5. The summed E-state index contributed by atoms with van der Waals surface area (Å²) in [5, 5.41) is 8.77. The summed E-state index contributed by atoms with van der Waals surface area (Å²) in [5.41, 5.74) is 0.811. The van der Waals surface area contributed by atoms with Crippen molar-refractivity contribution in [1.29, 1.82) is 0 Å². The smallest absolute Gasteiger partial charge is 0.272 e. The van der Waals surface area contributed by atoms with E-state index in [1.54, 1.807) is 36.0 Å². The SMILES string of the molecule is CN1C[C@@H](NC(=O)c2cc3ncccn3n2)c2sccc2S1(=O)=O. The number of aromatic nitrogens is 3. The number of thiophene rings is 1. The molecule has 1 N–H and O–H groups in total. The van der Waals surface area contributed by atoms with Crippen LogP contribution in [0, 0.1) is 0 Å². The molecule has 0 saturated carbocycles. The van der Waals surface area contributed by atoms with Gasteiger partial charge in [0.2, 0.25) is 10.0 Å². The second kappa shape index (κ2) is 5.36. The fourth-order valence-corrected chi connectivity index (χ4v) is 5.36. The van der Waals surface area contributed by atoms with Crippen molar-refractivity contribution < 1.29 is 13.2 Å². The van der Waals surface area contributed by atoms with Gasteiger partial charge in [0.15, 0.2) is 11.3 Å². The van der Waals surface area contributed by atoms with Crippen LogP contribution in [0.15, 0.2) is 40.9 Å². The van der Waals surface area contributed by atoms with Gasteiger partial charge in [-0.3, -0.25) is 4.79 Å². The van der Waals surface area contributed by atoms with Crippen molar-refractivity contribution >= 4 is 32.9 Å². The van der Waals surface area contributed by atoms with Gasteiger partial charge < -0.3 is 5.32 Å². The lowest BCUT2D eigenvalue weighted by Gasteiger charge is -2.29. The summed E-state index contributed by atoms with van der Waals surface area (Å²) in [6.07, 6.45) is 3.33. The molecular formula is C14H13N5O3S2. The monoisotopic (exact) mass is 363 g/mol. The largest absolute Gasteiger partial charge is 0.342 e. The molecule has 4 heterocycles. The van der Waals surface area contributed by atoms with Crippen LogP contribution in [0.4, 0.5) is 0 Å². The first-order valence-corrected chi connectivity index (χ1v) is 9.44. The minimum Gasteiger partial charge on any atom is -0.342 e. The number of hydrogen-bond donors (Lipinski definition) is 1. The maximum atomic E-state index is 12.5. The summed E-state index contributed by atoms with van der Waals surface area (Å²) in [6.45, 7) is 0.188. The lowest BCUT2D eigenvalue weighted by atomic mass is 10.2. The van der Waals surface area contributed by atoms with Gasteiger partial charge in [-0.2, -0.15) is 9.40 Å². The highest BCUT2D eigenvalue weighted by molar-refractivity contribution is 7.89. The van der Waals surface area contributed by atoms with Gasteiger partial charge in [-0.05, 0) is 17.5 Å².